The van der Waals surface area contributed by atoms with Crippen LogP contribution in [0.15, 0.2) is 110 Å². The Hall–Kier alpha value is -4.92. The van der Waals surface area contributed by atoms with Gasteiger partial charge in [-0.1, -0.05) is 62.3 Å². The zero-order valence-electron chi connectivity index (χ0n) is 23.6. The van der Waals surface area contributed by atoms with E-state index in [4.69, 9.17) is 9.25 Å². The lowest BCUT2D eigenvalue weighted by molar-refractivity contribution is -0.130. The molecule has 2 fully saturated rings. The van der Waals surface area contributed by atoms with Crippen LogP contribution in [0.3, 0.4) is 0 Å². The second-order valence-corrected chi connectivity index (χ2v) is 11.7. The van der Waals surface area contributed by atoms with Gasteiger partial charge < -0.3 is 14.6 Å². The third-order valence-electron chi connectivity index (χ3n) is 9.43. The molecule has 1 N–H and O–H groups in total. The summed E-state index contributed by atoms with van der Waals surface area (Å²) in [5.74, 6) is -1.00. The molecule has 212 valence electrons. The minimum atomic E-state index is -0.894. The van der Waals surface area contributed by atoms with Gasteiger partial charge in [0.05, 0.1) is 22.5 Å². The molecule has 2 saturated carbocycles. The number of benzene rings is 3. The van der Waals surface area contributed by atoms with Crippen LogP contribution < -0.4 is 10.9 Å². The number of anilines is 1. The molecule has 1 amide bonds. The number of oxime groups is 1. The van der Waals surface area contributed by atoms with E-state index in [0.717, 1.165) is 5.69 Å². The highest BCUT2D eigenvalue weighted by atomic mass is 16.7. The summed E-state index contributed by atoms with van der Waals surface area (Å²) >= 11 is 0. The van der Waals surface area contributed by atoms with Crippen LogP contribution >= 0.6 is 0 Å². The Morgan fingerprint density at radius 1 is 0.857 bits per heavy atom. The molecule has 42 heavy (non-hydrogen) atoms. The fourth-order valence-corrected chi connectivity index (χ4v) is 6.34. The van der Waals surface area contributed by atoms with Gasteiger partial charge in [0, 0.05) is 22.9 Å². The minimum absolute atomic E-state index is 0.110. The summed E-state index contributed by atoms with van der Waals surface area (Å²) in [6, 6.07) is 25.0. The summed E-state index contributed by atoms with van der Waals surface area (Å²) in [6.07, 6.45) is 1.72. The van der Waals surface area contributed by atoms with Crippen molar-refractivity contribution in [3.8, 4) is 0 Å². The number of fused-ring (bicyclic) bond motifs is 3. The fraction of sp³-hybridized carbons (Fsp3) is 0.273. The number of rotatable bonds is 6. The van der Waals surface area contributed by atoms with Crippen molar-refractivity contribution in [2.24, 2.45) is 31.6 Å². The van der Waals surface area contributed by atoms with Crippen LogP contribution in [-0.4, -0.2) is 17.6 Å². The lowest BCUT2D eigenvalue weighted by atomic mass is 9.64. The molecule has 0 aliphatic heterocycles. The normalized spacial score (nSPS) is 23.5. The number of nitrogens with zero attached hydrogens (tertiary/aromatic N) is 3. The van der Waals surface area contributed by atoms with Crippen molar-refractivity contribution in [3.05, 3.63) is 101 Å². The Labute approximate surface area is 242 Å². The third-order valence-corrected chi connectivity index (χ3v) is 9.43. The van der Waals surface area contributed by atoms with Crippen molar-refractivity contribution >= 4 is 45.6 Å². The second kappa shape index (κ2) is 10.2. The molecule has 2 atom stereocenters. The summed E-state index contributed by atoms with van der Waals surface area (Å²) < 4.78 is 5.26. The molecule has 9 heteroatoms. The average Bonchev–Trinajstić information content (AvgIpc) is 3.30. The van der Waals surface area contributed by atoms with Crippen molar-refractivity contribution in [2.45, 2.75) is 40.0 Å². The molecular weight excluding hydrogens is 532 g/mol. The van der Waals surface area contributed by atoms with E-state index >= 15 is 0 Å². The van der Waals surface area contributed by atoms with E-state index in [1.165, 1.54) is 6.07 Å². The summed E-state index contributed by atoms with van der Waals surface area (Å²) in [5, 5.41) is 16.4. The van der Waals surface area contributed by atoms with Crippen LogP contribution in [0.4, 0.5) is 17.1 Å². The second-order valence-electron chi connectivity index (χ2n) is 11.7. The van der Waals surface area contributed by atoms with Crippen molar-refractivity contribution in [3.63, 3.8) is 0 Å². The van der Waals surface area contributed by atoms with Gasteiger partial charge in [-0.05, 0) is 66.8 Å². The van der Waals surface area contributed by atoms with Crippen LogP contribution in [0, 0.1) is 16.2 Å². The number of carbonyl (C=O) groups is 2. The zero-order chi connectivity index (χ0) is 29.5. The van der Waals surface area contributed by atoms with Gasteiger partial charge in [-0.25, -0.2) is 9.59 Å². The van der Waals surface area contributed by atoms with Gasteiger partial charge in [-0.3, -0.25) is 4.79 Å². The molecule has 2 unspecified atom stereocenters. The summed E-state index contributed by atoms with van der Waals surface area (Å²) in [6.45, 7) is 6.18. The van der Waals surface area contributed by atoms with Crippen LogP contribution in [-0.2, 0) is 9.63 Å². The van der Waals surface area contributed by atoms with Gasteiger partial charge in [0.2, 0.25) is 5.91 Å². The average molecular weight is 563 g/mol. The van der Waals surface area contributed by atoms with Crippen molar-refractivity contribution in [1.29, 1.82) is 0 Å². The van der Waals surface area contributed by atoms with E-state index in [9.17, 15) is 14.4 Å². The van der Waals surface area contributed by atoms with Gasteiger partial charge in [0.1, 0.15) is 11.1 Å². The first-order valence-electron chi connectivity index (χ1n) is 13.8. The lowest BCUT2D eigenvalue weighted by Crippen LogP contribution is -2.43. The first kappa shape index (κ1) is 27.3. The molecule has 2 aliphatic carbocycles. The zero-order valence-corrected chi connectivity index (χ0v) is 23.6. The first-order chi connectivity index (χ1) is 20.1. The summed E-state index contributed by atoms with van der Waals surface area (Å²) in [5.41, 5.74) is 0.370. The molecular formula is C33H30N4O5. The van der Waals surface area contributed by atoms with Gasteiger partial charge in [-0.2, -0.15) is 10.2 Å². The Balaban J connectivity index is 1.19. The van der Waals surface area contributed by atoms with Crippen molar-refractivity contribution < 1.29 is 18.8 Å². The standard InChI is InChI=1S/C33H30N4O5/c1-31(2)32(3)17-18-33(31,30(40)34-22-13-15-24(16-14-22)36-35-23-10-5-4-6-11-23)20-27(32)37-42-29(39)25-19-21-9-7-8-12-26(21)41-28(25)38/h4-16,19H,17-18,20H2,1-3H3,(H,34,40). The van der Waals surface area contributed by atoms with Crippen LogP contribution in [0.1, 0.15) is 50.4 Å². The Kier molecular flexibility index (Phi) is 6.60. The monoisotopic (exact) mass is 562 g/mol. The number of carbonyl (C=O) groups excluding carboxylic acids is 2. The van der Waals surface area contributed by atoms with Crippen LogP contribution in [0.5, 0.6) is 0 Å². The number of para-hydroxylation sites is 1. The first-order valence-corrected chi connectivity index (χ1v) is 13.8. The maximum Gasteiger partial charge on any atom is 0.373 e. The van der Waals surface area contributed by atoms with Gasteiger partial charge >= 0.3 is 11.6 Å². The van der Waals surface area contributed by atoms with Crippen molar-refractivity contribution in [2.75, 3.05) is 5.32 Å². The van der Waals surface area contributed by atoms with Gasteiger partial charge in [0.15, 0.2) is 0 Å². The van der Waals surface area contributed by atoms with Crippen LogP contribution in [0.25, 0.3) is 11.0 Å². The predicted molar refractivity (Wildman–Crippen MR) is 159 cm³/mol. The van der Waals surface area contributed by atoms with E-state index < -0.39 is 27.8 Å². The summed E-state index contributed by atoms with van der Waals surface area (Å²) in [4.78, 5) is 44.4. The van der Waals surface area contributed by atoms with E-state index in [2.05, 4.69) is 41.5 Å². The Morgan fingerprint density at radius 3 is 2.26 bits per heavy atom. The molecule has 0 radical (unpaired) electrons. The largest absolute Gasteiger partial charge is 0.422 e. The highest BCUT2D eigenvalue weighted by molar-refractivity contribution is 6.06. The molecule has 3 aromatic carbocycles. The highest BCUT2D eigenvalue weighted by Crippen LogP contribution is 2.71. The van der Waals surface area contributed by atoms with E-state index in [-0.39, 0.29) is 11.5 Å². The molecule has 6 rings (SSSR count). The Bertz CT molecular complexity index is 1810. The van der Waals surface area contributed by atoms with E-state index in [1.807, 2.05) is 30.3 Å². The quantitative estimate of drug-likeness (QED) is 0.112. The number of hydrogen-bond donors (Lipinski definition) is 1. The van der Waals surface area contributed by atoms with Crippen molar-refractivity contribution in [1.82, 2.24) is 0 Å². The molecule has 0 saturated heterocycles. The maximum atomic E-state index is 13.9. The smallest absolute Gasteiger partial charge is 0.373 e. The lowest BCUT2D eigenvalue weighted by Gasteiger charge is -2.39. The predicted octanol–water partition coefficient (Wildman–Crippen LogP) is 7.58. The third kappa shape index (κ3) is 4.41. The highest BCUT2D eigenvalue weighted by Gasteiger charge is 2.71. The summed E-state index contributed by atoms with van der Waals surface area (Å²) in [7, 11) is 0. The number of amides is 1. The molecule has 2 bridgehead atoms. The van der Waals surface area contributed by atoms with Crippen LogP contribution in [0.2, 0.25) is 0 Å². The molecule has 9 nitrogen and oxygen atoms in total. The van der Waals surface area contributed by atoms with Gasteiger partial charge in [0.25, 0.3) is 0 Å². The van der Waals surface area contributed by atoms with Gasteiger partial charge in [-0.15, -0.1) is 0 Å². The number of azo groups is 1. The maximum absolute atomic E-state index is 13.9. The molecule has 1 heterocycles. The molecule has 4 aromatic rings. The Morgan fingerprint density at radius 2 is 1.52 bits per heavy atom. The minimum Gasteiger partial charge on any atom is -0.422 e. The molecule has 1 aromatic heterocycles. The molecule has 2 aliphatic rings. The molecule has 0 spiro atoms. The van der Waals surface area contributed by atoms with E-state index in [0.29, 0.717) is 47.3 Å². The van der Waals surface area contributed by atoms with E-state index in [1.54, 1.807) is 48.5 Å². The number of hydrogen-bond acceptors (Lipinski definition) is 8. The number of nitrogens with one attached hydrogen (secondary N) is 1. The topological polar surface area (TPSA) is 123 Å². The SMILES string of the molecule is CC12CCC(C(=O)Nc3ccc(N=Nc4ccccc4)cc3)(CC1=NOC(=O)c1cc3ccccc3oc1=O)C2(C)C. The fourth-order valence-electron chi connectivity index (χ4n) is 6.34.